The molecule has 1 amide bonds. The molecule has 2 aromatic rings. The van der Waals surface area contributed by atoms with Crippen LogP contribution in [0.15, 0.2) is 47.4 Å². The monoisotopic (exact) mass is 471 g/mol. The quantitative estimate of drug-likeness (QED) is 0.636. The van der Waals surface area contributed by atoms with Gasteiger partial charge < -0.3 is 9.64 Å². The Morgan fingerprint density at radius 2 is 1.73 bits per heavy atom. The number of benzene rings is 2. The summed E-state index contributed by atoms with van der Waals surface area (Å²) in [6.07, 6.45) is 4.83. The molecule has 1 N–H and O–H groups in total. The van der Waals surface area contributed by atoms with E-state index in [1.807, 2.05) is 24.3 Å². The van der Waals surface area contributed by atoms with Crippen LogP contribution in [0.2, 0.25) is 0 Å². The summed E-state index contributed by atoms with van der Waals surface area (Å²) < 4.78 is 34.6. The molecule has 1 unspecified atom stereocenters. The first-order chi connectivity index (χ1) is 15.9. The van der Waals surface area contributed by atoms with Gasteiger partial charge in [0, 0.05) is 31.2 Å². The molecule has 2 fully saturated rings. The molecule has 0 spiro atoms. The average Bonchev–Trinajstić information content (AvgIpc) is 3.26. The number of aryl methyl sites for hydroxylation is 1. The molecule has 2 aromatic carbocycles. The van der Waals surface area contributed by atoms with E-state index < -0.39 is 10.0 Å². The SMILES string of the molecule is COc1ccc(C(CNS(=O)(=O)c2ccc(N3CCCC3=O)cc2C)N2CCCCC2)cc1. The van der Waals surface area contributed by atoms with E-state index in [1.165, 1.54) is 6.42 Å². The Morgan fingerprint density at radius 1 is 1.00 bits per heavy atom. The zero-order valence-electron chi connectivity index (χ0n) is 19.4. The van der Waals surface area contributed by atoms with Crippen molar-refractivity contribution in [2.24, 2.45) is 0 Å². The molecule has 2 saturated heterocycles. The van der Waals surface area contributed by atoms with Gasteiger partial charge in [-0.3, -0.25) is 9.69 Å². The number of nitrogens with one attached hydrogen (secondary N) is 1. The largest absolute Gasteiger partial charge is 0.497 e. The van der Waals surface area contributed by atoms with Crippen molar-refractivity contribution in [3.05, 3.63) is 53.6 Å². The van der Waals surface area contributed by atoms with E-state index in [0.717, 1.165) is 49.4 Å². The fourth-order valence-electron chi connectivity index (χ4n) is 4.80. The predicted molar refractivity (Wildman–Crippen MR) is 129 cm³/mol. The molecule has 0 aliphatic carbocycles. The van der Waals surface area contributed by atoms with Gasteiger partial charge in [0.15, 0.2) is 0 Å². The van der Waals surface area contributed by atoms with Gasteiger partial charge in [-0.2, -0.15) is 0 Å². The van der Waals surface area contributed by atoms with Crippen LogP contribution >= 0.6 is 0 Å². The number of carbonyl (C=O) groups excluding carboxylic acids is 1. The fraction of sp³-hybridized carbons (Fsp3) is 0.480. The lowest BCUT2D eigenvalue weighted by Crippen LogP contribution is -2.40. The minimum atomic E-state index is -3.70. The predicted octanol–water partition coefficient (Wildman–Crippen LogP) is 3.64. The third-order valence-corrected chi connectivity index (χ3v) is 8.22. The van der Waals surface area contributed by atoms with Gasteiger partial charge >= 0.3 is 0 Å². The Kier molecular flexibility index (Phi) is 7.36. The number of hydrogen-bond donors (Lipinski definition) is 1. The minimum Gasteiger partial charge on any atom is -0.497 e. The lowest BCUT2D eigenvalue weighted by atomic mass is 10.0. The number of hydrogen-bond acceptors (Lipinski definition) is 5. The number of piperidine rings is 1. The van der Waals surface area contributed by atoms with Gasteiger partial charge in [0.1, 0.15) is 5.75 Å². The maximum absolute atomic E-state index is 13.2. The summed E-state index contributed by atoms with van der Waals surface area (Å²) in [7, 11) is -2.07. The molecule has 1 atom stereocenters. The highest BCUT2D eigenvalue weighted by molar-refractivity contribution is 7.89. The molecule has 0 aromatic heterocycles. The topological polar surface area (TPSA) is 79.0 Å². The summed E-state index contributed by atoms with van der Waals surface area (Å²) >= 11 is 0. The third kappa shape index (κ3) is 5.39. The standard InChI is InChI=1S/C25H33N3O4S/c1-19-17-21(28-16-6-7-25(28)29)10-13-24(19)33(30,31)26-18-23(27-14-4-3-5-15-27)20-8-11-22(32-2)12-9-20/h8-13,17,23,26H,3-7,14-16,18H2,1-2H3. The van der Waals surface area contributed by atoms with Crippen LogP contribution in [0.5, 0.6) is 5.75 Å². The molecule has 2 aliphatic rings. The first-order valence-electron chi connectivity index (χ1n) is 11.7. The molecule has 0 radical (unpaired) electrons. The molecular formula is C25H33N3O4S. The van der Waals surface area contributed by atoms with Crippen LogP contribution in [0.25, 0.3) is 0 Å². The van der Waals surface area contributed by atoms with E-state index >= 15 is 0 Å². The van der Waals surface area contributed by atoms with Crippen LogP contribution in [0, 0.1) is 6.92 Å². The highest BCUT2D eigenvalue weighted by Gasteiger charge is 2.27. The van der Waals surface area contributed by atoms with E-state index in [9.17, 15) is 13.2 Å². The number of carbonyl (C=O) groups is 1. The summed E-state index contributed by atoms with van der Waals surface area (Å²) in [6, 6.07) is 13.0. The average molecular weight is 472 g/mol. The number of rotatable bonds is 8. The number of sulfonamides is 1. The molecule has 0 saturated carbocycles. The van der Waals surface area contributed by atoms with Crippen molar-refractivity contribution in [1.29, 1.82) is 0 Å². The Hall–Kier alpha value is -2.42. The number of anilines is 1. The number of nitrogens with zero attached hydrogens (tertiary/aromatic N) is 2. The summed E-state index contributed by atoms with van der Waals surface area (Å²) in [5, 5.41) is 0. The van der Waals surface area contributed by atoms with E-state index in [0.29, 0.717) is 25.1 Å². The Morgan fingerprint density at radius 3 is 2.33 bits per heavy atom. The third-order valence-electron chi connectivity index (χ3n) is 6.63. The van der Waals surface area contributed by atoms with Crippen LogP contribution in [0.1, 0.15) is 49.3 Å². The second kappa shape index (κ2) is 10.2. The lowest BCUT2D eigenvalue weighted by Gasteiger charge is -2.35. The fourth-order valence-corrected chi connectivity index (χ4v) is 6.07. The highest BCUT2D eigenvalue weighted by Crippen LogP contribution is 2.28. The minimum absolute atomic E-state index is 0.0484. The van der Waals surface area contributed by atoms with Crippen molar-refractivity contribution in [1.82, 2.24) is 9.62 Å². The number of methoxy groups -OCH3 is 1. The van der Waals surface area contributed by atoms with Crippen LogP contribution in [0.4, 0.5) is 5.69 Å². The van der Waals surface area contributed by atoms with Gasteiger partial charge in [0.25, 0.3) is 0 Å². The molecule has 2 aliphatic heterocycles. The molecule has 4 rings (SSSR count). The van der Waals surface area contributed by atoms with Gasteiger partial charge in [-0.05, 0) is 80.7 Å². The van der Waals surface area contributed by atoms with E-state index in [4.69, 9.17) is 4.74 Å². The van der Waals surface area contributed by atoms with Gasteiger partial charge in [0.05, 0.1) is 12.0 Å². The highest BCUT2D eigenvalue weighted by atomic mass is 32.2. The molecule has 0 bridgehead atoms. The van der Waals surface area contributed by atoms with Gasteiger partial charge in [-0.1, -0.05) is 18.6 Å². The zero-order valence-corrected chi connectivity index (χ0v) is 20.2. The molecule has 2 heterocycles. The van der Waals surface area contributed by atoms with Crippen LogP contribution in [-0.4, -0.2) is 52.5 Å². The molecule has 8 heteroatoms. The molecule has 178 valence electrons. The van der Waals surface area contributed by atoms with Gasteiger partial charge in [-0.25, -0.2) is 13.1 Å². The van der Waals surface area contributed by atoms with E-state index in [1.54, 1.807) is 37.1 Å². The normalized spacial score (nSPS) is 18.5. The van der Waals surface area contributed by atoms with Crippen molar-refractivity contribution in [2.45, 2.75) is 50.0 Å². The maximum atomic E-state index is 13.2. The lowest BCUT2D eigenvalue weighted by molar-refractivity contribution is -0.117. The maximum Gasteiger partial charge on any atom is 0.240 e. The second-order valence-corrected chi connectivity index (χ2v) is 10.6. The van der Waals surface area contributed by atoms with Crippen LogP contribution < -0.4 is 14.4 Å². The van der Waals surface area contributed by atoms with E-state index in [2.05, 4.69) is 9.62 Å². The Bertz CT molecular complexity index is 1080. The van der Waals surface area contributed by atoms with Crippen molar-refractivity contribution < 1.29 is 17.9 Å². The smallest absolute Gasteiger partial charge is 0.240 e. The first kappa shape index (κ1) is 23.7. The summed E-state index contributed by atoms with van der Waals surface area (Å²) in [5.41, 5.74) is 2.47. The number of ether oxygens (including phenoxy) is 1. The number of likely N-dealkylation sites (tertiary alicyclic amines) is 1. The summed E-state index contributed by atoms with van der Waals surface area (Å²) in [6.45, 7) is 4.67. The van der Waals surface area contributed by atoms with E-state index in [-0.39, 0.29) is 16.8 Å². The zero-order chi connectivity index (χ0) is 23.4. The van der Waals surface area contributed by atoms with Crippen molar-refractivity contribution in [2.75, 3.05) is 38.2 Å². The first-order valence-corrected chi connectivity index (χ1v) is 13.2. The molecular weight excluding hydrogens is 438 g/mol. The van der Waals surface area contributed by atoms with Gasteiger partial charge in [0.2, 0.25) is 15.9 Å². The van der Waals surface area contributed by atoms with Crippen LogP contribution in [0.3, 0.4) is 0 Å². The van der Waals surface area contributed by atoms with Crippen molar-refractivity contribution in [3.8, 4) is 5.75 Å². The molecule has 7 nitrogen and oxygen atoms in total. The van der Waals surface area contributed by atoms with Crippen LogP contribution in [-0.2, 0) is 14.8 Å². The number of amides is 1. The summed E-state index contributed by atoms with van der Waals surface area (Å²) in [5.74, 6) is 0.871. The molecule has 33 heavy (non-hydrogen) atoms. The van der Waals surface area contributed by atoms with Crippen molar-refractivity contribution in [3.63, 3.8) is 0 Å². The Labute approximate surface area is 196 Å². The Balaban J connectivity index is 1.53. The summed E-state index contributed by atoms with van der Waals surface area (Å²) in [4.78, 5) is 16.4. The van der Waals surface area contributed by atoms with Crippen molar-refractivity contribution >= 4 is 21.6 Å². The van der Waals surface area contributed by atoms with Gasteiger partial charge in [-0.15, -0.1) is 0 Å². The second-order valence-electron chi connectivity index (χ2n) is 8.84.